The number of hydrogen-bond acceptors (Lipinski definition) is 6. The van der Waals surface area contributed by atoms with Crippen LogP contribution in [0, 0.1) is 0 Å². The summed E-state index contributed by atoms with van der Waals surface area (Å²) in [7, 11) is 1.00. The molecule has 3 rings (SSSR count). The zero-order valence-electron chi connectivity index (χ0n) is 13.3. The van der Waals surface area contributed by atoms with E-state index in [1.54, 1.807) is 6.07 Å². The average molecular weight is 326 g/mol. The van der Waals surface area contributed by atoms with Crippen LogP contribution in [-0.2, 0) is 6.42 Å². The number of aromatic nitrogens is 1. The van der Waals surface area contributed by atoms with Crippen molar-refractivity contribution >= 4 is 10.9 Å². The van der Waals surface area contributed by atoms with Crippen LogP contribution >= 0.6 is 0 Å². The number of aromatic amines is 1. The van der Waals surface area contributed by atoms with Crippen molar-refractivity contribution < 1.29 is 25.5 Å². The summed E-state index contributed by atoms with van der Waals surface area (Å²) in [5, 5.41) is 39.4. The van der Waals surface area contributed by atoms with E-state index in [9.17, 15) is 5.11 Å². The first-order valence-electron chi connectivity index (χ1n) is 7.57. The number of phenols is 1. The third kappa shape index (κ3) is 6.17. The molecule has 1 saturated heterocycles. The van der Waals surface area contributed by atoms with Gasteiger partial charge in [0.1, 0.15) is 5.75 Å². The van der Waals surface area contributed by atoms with Crippen molar-refractivity contribution in [2.24, 2.45) is 0 Å². The van der Waals surface area contributed by atoms with Gasteiger partial charge in [-0.05, 0) is 50.0 Å². The van der Waals surface area contributed by atoms with Crippen LogP contribution in [0.15, 0.2) is 24.4 Å². The second kappa shape index (κ2) is 10.2. The predicted octanol–water partition coefficient (Wildman–Crippen LogP) is 0.367. The maximum atomic E-state index is 9.90. The first-order chi connectivity index (χ1) is 11.1. The quantitative estimate of drug-likeness (QED) is 0.453. The first-order valence-corrected chi connectivity index (χ1v) is 7.57. The number of hydrogen-bond donors (Lipinski definition) is 6. The van der Waals surface area contributed by atoms with Crippen molar-refractivity contribution in [3.8, 4) is 5.75 Å². The van der Waals surface area contributed by atoms with Crippen molar-refractivity contribution in [2.75, 3.05) is 26.7 Å². The van der Waals surface area contributed by atoms with Crippen molar-refractivity contribution in [2.45, 2.75) is 25.7 Å². The summed E-state index contributed by atoms with van der Waals surface area (Å²) >= 11 is 0. The number of H-pyrrole nitrogens is 1. The second-order valence-corrected chi connectivity index (χ2v) is 5.16. The van der Waals surface area contributed by atoms with Gasteiger partial charge in [-0.3, -0.25) is 0 Å². The maximum absolute atomic E-state index is 9.90. The average Bonchev–Trinajstić information content (AvgIpc) is 3.16. The summed E-state index contributed by atoms with van der Waals surface area (Å²) in [6.07, 6.45) is 5.70. The van der Waals surface area contributed by atoms with Gasteiger partial charge in [-0.1, -0.05) is 6.07 Å². The molecule has 2 heterocycles. The van der Waals surface area contributed by atoms with Gasteiger partial charge in [0.05, 0.1) is 0 Å². The Morgan fingerprint density at radius 2 is 1.74 bits per heavy atom. The van der Waals surface area contributed by atoms with Crippen molar-refractivity contribution in [3.05, 3.63) is 30.0 Å². The first kappa shape index (κ1) is 19.4. The molecule has 1 aromatic heterocycles. The fourth-order valence-corrected chi connectivity index (χ4v) is 2.72. The molecule has 0 saturated carbocycles. The highest BCUT2D eigenvalue weighted by Gasteiger charge is 2.13. The van der Waals surface area contributed by atoms with E-state index >= 15 is 0 Å². The second-order valence-electron chi connectivity index (χ2n) is 5.16. The molecule has 0 unspecified atom stereocenters. The number of nitrogens with zero attached hydrogens (tertiary/aromatic N) is 1. The molecule has 2 aromatic rings. The molecular formula is C16H26N2O5. The Morgan fingerprint density at radius 1 is 1.13 bits per heavy atom. The Bertz CT molecular complexity index is 562. The van der Waals surface area contributed by atoms with E-state index in [-0.39, 0.29) is 0 Å². The lowest BCUT2D eigenvalue weighted by atomic mass is 10.1. The van der Waals surface area contributed by atoms with Gasteiger partial charge in [-0.25, -0.2) is 0 Å². The Kier molecular flexibility index (Phi) is 8.60. The molecule has 0 amide bonds. The lowest BCUT2D eigenvalue weighted by molar-refractivity contribution is -0.198. The van der Waals surface area contributed by atoms with Gasteiger partial charge in [-0.2, -0.15) is 0 Å². The van der Waals surface area contributed by atoms with Crippen molar-refractivity contribution in [1.82, 2.24) is 9.88 Å². The largest absolute Gasteiger partial charge is 0.507 e. The zero-order valence-corrected chi connectivity index (χ0v) is 13.3. The van der Waals surface area contributed by atoms with Gasteiger partial charge in [0.25, 0.3) is 6.48 Å². The van der Waals surface area contributed by atoms with Crippen molar-refractivity contribution in [1.29, 1.82) is 0 Å². The number of likely N-dealkylation sites (tertiary alicyclic amines) is 1. The maximum Gasteiger partial charge on any atom is 0.263 e. The Hall–Kier alpha value is -1.64. The third-order valence-electron chi connectivity index (χ3n) is 3.66. The molecule has 7 heteroatoms. The number of fused-ring (bicyclic) bond motifs is 1. The molecule has 1 aliphatic rings. The van der Waals surface area contributed by atoms with Gasteiger partial charge >= 0.3 is 0 Å². The molecule has 0 bridgehead atoms. The topological polar surface area (TPSA) is 120 Å². The molecule has 0 atom stereocenters. The van der Waals surface area contributed by atoms with Crippen LogP contribution in [0.4, 0.5) is 0 Å². The molecule has 0 radical (unpaired) electrons. The SMILES string of the molecule is CO.OC(O)O.Oc1cccc2[nH]cc(CCN3CCCC3)c12. The van der Waals surface area contributed by atoms with E-state index < -0.39 is 6.48 Å². The normalized spacial score (nSPS) is 14.3. The van der Waals surface area contributed by atoms with Crippen LogP contribution in [0.5, 0.6) is 5.75 Å². The molecule has 23 heavy (non-hydrogen) atoms. The standard InChI is InChI=1S/C14H18N2O.CH4O3.CH4O/c17-13-5-3-4-12-14(13)11(10-15-12)6-9-16-7-1-2-8-16;2-1(3)4;1-2/h3-5,10,15,17H,1-2,6-9H2;1-4H;2H,1H3. The minimum atomic E-state index is -2.17. The van der Waals surface area contributed by atoms with Gasteiger partial charge in [0, 0.05) is 30.8 Å². The fourth-order valence-electron chi connectivity index (χ4n) is 2.72. The molecular weight excluding hydrogens is 300 g/mol. The molecule has 1 fully saturated rings. The van der Waals surface area contributed by atoms with Crippen LogP contribution in [0.2, 0.25) is 0 Å². The lowest BCUT2D eigenvalue weighted by Crippen LogP contribution is -2.21. The van der Waals surface area contributed by atoms with Crippen molar-refractivity contribution in [3.63, 3.8) is 0 Å². The van der Waals surface area contributed by atoms with Crippen LogP contribution in [0.1, 0.15) is 18.4 Å². The van der Waals surface area contributed by atoms with E-state index in [1.807, 2.05) is 18.3 Å². The number of rotatable bonds is 3. The van der Waals surface area contributed by atoms with Gasteiger partial charge in [-0.15, -0.1) is 0 Å². The molecule has 1 aliphatic heterocycles. The minimum absolute atomic E-state index is 0.389. The number of aliphatic hydroxyl groups is 4. The highest BCUT2D eigenvalue weighted by molar-refractivity contribution is 5.88. The predicted molar refractivity (Wildman–Crippen MR) is 87.9 cm³/mol. The number of nitrogens with one attached hydrogen (secondary N) is 1. The Labute approximate surface area is 135 Å². The van der Waals surface area contributed by atoms with Gasteiger partial charge < -0.3 is 35.4 Å². The molecule has 0 aliphatic carbocycles. The van der Waals surface area contributed by atoms with E-state index in [4.69, 9.17) is 20.4 Å². The summed E-state index contributed by atoms with van der Waals surface area (Å²) in [6.45, 7) is 1.39. The zero-order chi connectivity index (χ0) is 17.2. The number of aromatic hydroxyl groups is 1. The fraction of sp³-hybridized carbons (Fsp3) is 0.500. The third-order valence-corrected chi connectivity index (χ3v) is 3.66. The summed E-state index contributed by atoms with van der Waals surface area (Å²) in [4.78, 5) is 5.72. The Morgan fingerprint density at radius 3 is 2.35 bits per heavy atom. The highest BCUT2D eigenvalue weighted by atomic mass is 16.6. The summed E-state index contributed by atoms with van der Waals surface area (Å²) in [6, 6.07) is 5.64. The van der Waals surface area contributed by atoms with E-state index in [2.05, 4.69) is 9.88 Å². The highest BCUT2D eigenvalue weighted by Crippen LogP contribution is 2.28. The number of aliphatic hydroxyl groups excluding tert-OH is 2. The molecule has 0 spiro atoms. The Balaban J connectivity index is 0.000000388. The number of benzene rings is 1. The number of phenolic OH excluding ortho intramolecular Hbond substituents is 1. The molecule has 6 N–H and O–H groups in total. The monoisotopic (exact) mass is 326 g/mol. The van der Waals surface area contributed by atoms with Gasteiger partial charge in [0.15, 0.2) is 0 Å². The molecule has 130 valence electrons. The summed E-state index contributed by atoms with van der Waals surface area (Å²) < 4.78 is 0. The summed E-state index contributed by atoms with van der Waals surface area (Å²) in [5.74, 6) is 0.389. The summed E-state index contributed by atoms with van der Waals surface area (Å²) in [5.41, 5.74) is 2.26. The molecule has 1 aromatic carbocycles. The van der Waals surface area contributed by atoms with Gasteiger partial charge in [0.2, 0.25) is 0 Å². The van der Waals surface area contributed by atoms with Crippen LogP contribution in [0.25, 0.3) is 10.9 Å². The van der Waals surface area contributed by atoms with E-state index in [1.165, 1.54) is 31.5 Å². The van der Waals surface area contributed by atoms with E-state index in [0.29, 0.717) is 5.75 Å². The van der Waals surface area contributed by atoms with E-state index in [0.717, 1.165) is 31.0 Å². The van der Waals surface area contributed by atoms with Crippen LogP contribution < -0.4 is 0 Å². The minimum Gasteiger partial charge on any atom is -0.507 e. The molecule has 7 nitrogen and oxygen atoms in total. The van der Waals surface area contributed by atoms with Crippen LogP contribution in [0.3, 0.4) is 0 Å². The lowest BCUT2D eigenvalue weighted by Gasteiger charge is -2.13. The van der Waals surface area contributed by atoms with Crippen LogP contribution in [-0.4, -0.2) is 68.6 Å². The smallest absolute Gasteiger partial charge is 0.263 e.